The van der Waals surface area contributed by atoms with E-state index in [9.17, 15) is 18.6 Å². The Bertz CT molecular complexity index is 802. The Balaban J connectivity index is 2.49. The van der Waals surface area contributed by atoms with Crippen LogP contribution in [0.4, 0.5) is 0 Å². The molecule has 0 atom stereocenters. The molecule has 6 nitrogen and oxygen atoms in total. The molecule has 0 aliphatic heterocycles. The fourth-order valence-electron chi connectivity index (χ4n) is 2.03. The molecule has 0 aliphatic rings. The summed E-state index contributed by atoms with van der Waals surface area (Å²) in [7, 11) is -3.53. The van der Waals surface area contributed by atoms with Gasteiger partial charge in [-0.05, 0) is 18.6 Å². The summed E-state index contributed by atoms with van der Waals surface area (Å²) in [5.74, 6) is -0.326. The van der Waals surface area contributed by atoms with E-state index >= 15 is 0 Å². The molecule has 0 amide bonds. The molecular weight excluding hydrogens is 316 g/mol. The molecule has 0 saturated carbocycles. The number of benzene rings is 2. The van der Waals surface area contributed by atoms with E-state index in [2.05, 4.69) is 9.93 Å². The standard InChI is InChI=1S/C16H18N2O4S/c1-2-10-23(21,22)18-17-16(12-6-4-3-5-7-12)14-9-8-13(19)11-15(14)20/h3-9,11,18-20H,2,10H2,1H3. The molecular formula is C16H18N2O4S. The zero-order valence-electron chi connectivity index (χ0n) is 12.6. The van der Waals surface area contributed by atoms with E-state index in [1.807, 2.05) is 6.07 Å². The number of nitrogens with zero attached hydrogens (tertiary/aromatic N) is 1. The lowest BCUT2D eigenvalue weighted by molar-refractivity contribution is 0.450. The SMILES string of the molecule is CCCS(=O)(=O)NN=C(c1ccccc1)c1ccc(O)cc1O. The summed E-state index contributed by atoms with van der Waals surface area (Å²) in [6, 6.07) is 12.9. The lowest BCUT2D eigenvalue weighted by Crippen LogP contribution is -2.23. The first-order valence-electron chi connectivity index (χ1n) is 7.08. The predicted octanol–water partition coefficient (Wildman–Crippen LogP) is 2.18. The number of sulfonamides is 1. The fourth-order valence-corrected chi connectivity index (χ4v) is 2.89. The van der Waals surface area contributed by atoms with Crippen LogP contribution in [0.5, 0.6) is 11.5 Å². The Morgan fingerprint density at radius 1 is 1.13 bits per heavy atom. The molecule has 0 spiro atoms. The average molecular weight is 334 g/mol. The van der Waals surface area contributed by atoms with Gasteiger partial charge in [0, 0.05) is 17.2 Å². The quantitative estimate of drug-likeness (QED) is 0.557. The van der Waals surface area contributed by atoms with Gasteiger partial charge in [-0.3, -0.25) is 0 Å². The molecule has 0 radical (unpaired) electrons. The third-order valence-electron chi connectivity index (χ3n) is 3.05. The summed E-state index contributed by atoms with van der Waals surface area (Å²) in [6.07, 6.45) is 0.468. The van der Waals surface area contributed by atoms with Gasteiger partial charge in [-0.1, -0.05) is 37.3 Å². The molecule has 7 heteroatoms. The maximum Gasteiger partial charge on any atom is 0.247 e. The molecule has 122 valence electrons. The smallest absolute Gasteiger partial charge is 0.247 e. The van der Waals surface area contributed by atoms with E-state index < -0.39 is 10.0 Å². The Kier molecular flexibility index (Phi) is 5.23. The third-order valence-corrected chi connectivity index (χ3v) is 4.37. The van der Waals surface area contributed by atoms with Gasteiger partial charge in [0.2, 0.25) is 10.0 Å². The highest BCUT2D eigenvalue weighted by molar-refractivity contribution is 7.89. The van der Waals surface area contributed by atoms with E-state index in [1.54, 1.807) is 31.2 Å². The number of rotatable bonds is 6. The van der Waals surface area contributed by atoms with Gasteiger partial charge in [-0.25, -0.2) is 13.2 Å². The second kappa shape index (κ2) is 7.15. The van der Waals surface area contributed by atoms with E-state index in [4.69, 9.17) is 0 Å². The van der Waals surface area contributed by atoms with Gasteiger partial charge in [0.05, 0.1) is 5.75 Å². The van der Waals surface area contributed by atoms with Crippen LogP contribution in [0.2, 0.25) is 0 Å². The van der Waals surface area contributed by atoms with Crippen molar-refractivity contribution in [1.82, 2.24) is 4.83 Å². The number of hydrogen-bond acceptors (Lipinski definition) is 5. The predicted molar refractivity (Wildman–Crippen MR) is 89.1 cm³/mol. The summed E-state index contributed by atoms with van der Waals surface area (Å²) < 4.78 is 23.6. The Hall–Kier alpha value is -2.54. The molecule has 2 aromatic carbocycles. The van der Waals surface area contributed by atoms with Gasteiger partial charge in [0.25, 0.3) is 0 Å². The Morgan fingerprint density at radius 2 is 1.83 bits per heavy atom. The zero-order valence-corrected chi connectivity index (χ0v) is 13.4. The molecule has 0 aliphatic carbocycles. The highest BCUT2D eigenvalue weighted by atomic mass is 32.2. The van der Waals surface area contributed by atoms with Crippen molar-refractivity contribution in [2.75, 3.05) is 5.75 Å². The number of phenols is 2. The van der Waals surface area contributed by atoms with Crippen LogP contribution in [0, 0.1) is 0 Å². The summed E-state index contributed by atoms with van der Waals surface area (Å²) in [6.45, 7) is 1.76. The van der Waals surface area contributed by atoms with Crippen LogP contribution in [0.15, 0.2) is 53.6 Å². The fraction of sp³-hybridized carbons (Fsp3) is 0.188. The first kappa shape index (κ1) is 16.8. The molecule has 3 N–H and O–H groups in total. The minimum Gasteiger partial charge on any atom is -0.508 e. The number of aromatic hydroxyl groups is 2. The van der Waals surface area contributed by atoms with Gasteiger partial charge in [-0.2, -0.15) is 5.10 Å². The van der Waals surface area contributed by atoms with Crippen molar-refractivity contribution >= 4 is 15.7 Å². The lowest BCUT2D eigenvalue weighted by atomic mass is 10.0. The van der Waals surface area contributed by atoms with Crippen LogP contribution >= 0.6 is 0 Å². The van der Waals surface area contributed by atoms with Crippen LogP contribution in [0.25, 0.3) is 0 Å². The molecule has 0 heterocycles. The lowest BCUT2D eigenvalue weighted by Gasteiger charge is -2.10. The van der Waals surface area contributed by atoms with Crippen LogP contribution in [-0.2, 0) is 10.0 Å². The first-order chi connectivity index (χ1) is 10.9. The molecule has 0 aromatic heterocycles. The van der Waals surface area contributed by atoms with E-state index in [0.29, 0.717) is 17.5 Å². The third kappa shape index (κ3) is 4.46. The maximum absolute atomic E-state index is 11.8. The molecule has 2 rings (SSSR count). The minimum absolute atomic E-state index is 0.0415. The first-order valence-corrected chi connectivity index (χ1v) is 8.73. The molecule has 2 aromatic rings. The van der Waals surface area contributed by atoms with E-state index in [-0.39, 0.29) is 23.0 Å². The van der Waals surface area contributed by atoms with E-state index in [0.717, 1.165) is 0 Å². The molecule has 23 heavy (non-hydrogen) atoms. The summed E-state index contributed by atoms with van der Waals surface area (Å²) in [4.78, 5) is 2.19. The van der Waals surface area contributed by atoms with Crippen molar-refractivity contribution in [3.05, 3.63) is 59.7 Å². The minimum atomic E-state index is -3.53. The number of phenolic OH excluding ortho intramolecular Hbond substituents is 2. The van der Waals surface area contributed by atoms with Crippen LogP contribution in [-0.4, -0.2) is 30.1 Å². The van der Waals surface area contributed by atoms with Crippen molar-refractivity contribution < 1.29 is 18.6 Å². The topological polar surface area (TPSA) is 99.0 Å². The van der Waals surface area contributed by atoms with Crippen LogP contribution in [0.3, 0.4) is 0 Å². The van der Waals surface area contributed by atoms with Crippen molar-refractivity contribution in [2.24, 2.45) is 5.10 Å². The highest BCUT2D eigenvalue weighted by Crippen LogP contribution is 2.25. The zero-order chi connectivity index (χ0) is 16.9. The van der Waals surface area contributed by atoms with Gasteiger partial charge < -0.3 is 10.2 Å². The number of hydrogen-bond donors (Lipinski definition) is 3. The summed E-state index contributed by atoms with van der Waals surface area (Å²) >= 11 is 0. The molecule has 0 unspecified atom stereocenters. The molecule has 0 bridgehead atoms. The van der Waals surface area contributed by atoms with Gasteiger partial charge in [0.15, 0.2) is 0 Å². The van der Waals surface area contributed by atoms with Crippen molar-refractivity contribution in [3.8, 4) is 11.5 Å². The normalized spacial score (nSPS) is 12.1. The van der Waals surface area contributed by atoms with Gasteiger partial charge in [0.1, 0.15) is 17.2 Å². The Morgan fingerprint density at radius 3 is 2.43 bits per heavy atom. The number of nitrogens with one attached hydrogen (secondary N) is 1. The Labute approximate surface area is 135 Å². The monoisotopic (exact) mass is 334 g/mol. The van der Waals surface area contributed by atoms with Gasteiger partial charge >= 0.3 is 0 Å². The summed E-state index contributed by atoms with van der Waals surface area (Å²) in [5.41, 5.74) is 1.21. The largest absolute Gasteiger partial charge is 0.508 e. The van der Waals surface area contributed by atoms with E-state index in [1.165, 1.54) is 18.2 Å². The molecule has 0 saturated heterocycles. The van der Waals surface area contributed by atoms with Crippen molar-refractivity contribution in [1.29, 1.82) is 0 Å². The second-order valence-electron chi connectivity index (χ2n) is 4.94. The van der Waals surface area contributed by atoms with Crippen molar-refractivity contribution in [2.45, 2.75) is 13.3 Å². The van der Waals surface area contributed by atoms with Gasteiger partial charge in [-0.15, -0.1) is 0 Å². The van der Waals surface area contributed by atoms with Crippen LogP contribution < -0.4 is 4.83 Å². The van der Waals surface area contributed by atoms with Crippen molar-refractivity contribution in [3.63, 3.8) is 0 Å². The second-order valence-corrected chi connectivity index (χ2v) is 6.76. The molecule has 0 fully saturated rings. The van der Waals surface area contributed by atoms with Crippen LogP contribution in [0.1, 0.15) is 24.5 Å². The average Bonchev–Trinajstić information content (AvgIpc) is 2.50. The summed E-state index contributed by atoms with van der Waals surface area (Å²) in [5, 5.41) is 23.4. The number of hydrazone groups is 1. The maximum atomic E-state index is 11.8. The highest BCUT2D eigenvalue weighted by Gasteiger charge is 2.14.